The van der Waals surface area contributed by atoms with Gasteiger partial charge in [0.1, 0.15) is 11.5 Å². The standard InChI is InChI=1S/C17H18Br2O/c18-12-5-8-14-6-1-3-9-16(14)20-17-10-4-2-7-15(17)11-13-19/h1-4,6-7,9-10H,5,8,11-13H2. The summed E-state index contributed by atoms with van der Waals surface area (Å²) in [6.07, 6.45) is 3.12. The number of alkyl halides is 2. The average molecular weight is 398 g/mol. The lowest BCUT2D eigenvalue weighted by atomic mass is 10.1. The highest BCUT2D eigenvalue weighted by atomic mass is 79.9. The fourth-order valence-corrected chi connectivity index (χ4v) is 2.80. The largest absolute Gasteiger partial charge is 0.457 e. The van der Waals surface area contributed by atoms with Crippen molar-refractivity contribution in [3.8, 4) is 11.5 Å². The molecule has 0 unspecified atom stereocenters. The van der Waals surface area contributed by atoms with Crippen LogP contribution >= 0.6 is 31.9 Å². The maximum Gasteiger partial charge on any atom is 0.130 e. The van der Waals surface area contributed by atoms with Gasteiger partial charge in [0.15, 0.2) is 0 Å². The van der Waals surface area contributed by atoms with Crippen molar-refractivity contribution in [1.29, 1.82) is 0 Å². The lowest BCUT2D eigenvalue weighted by molar-refractivity contribution is 0.470. The number of rotatable bonds is 7. The van der Waals surface area contributed by atoms with Crippen molar-refractivity contribution in [2.75, 3.05) is 10.7 Å². The lowest BCUT2D eigenvalue weighted by Gasteiger charge is -2.13. The Kier molecular flexibility index (Phi) is 6.61. The quantitative estimate of drug-likeness (QED) is 0.541. The second-order valence-corrected chi connectivity index (χ2v) is 6.14. The van der Waals surface area contributed by atoms with E-state index in [2.05, 4.69) is 62.2 Å². The van der Waals surface area contributed by atoms with Crippen LogP contribution in [0, 0.1) is 0 Å². The Morgan fingerprint density at radius 3 is 1.80 bits per heavy atom. The number of hydrogen-bond acceptors (Lipinski definition) is 1. The molecule has 0 aromatic heterocycles. The van der Waals surface area contributed by atoms with Gasteiger partial charge >= 0.3 is 0 Å². The highest BCUT2D eigenvalue weighted by Gasteiger charge is 2.07. The minimum Gasteiger partial charge on any atom is -0.457 e. The number of para-hydroxylation sites is 2. The Morgan fingerprint density at radius 1 is 0.700 bits per heavy atom. The van der Waals surface area contributed by atoms with Crippen LogP contribution < -0.4 is 4.74 Å². The molecule has 0 bridgehead atoms. The molecule has 0 atom stereocenters. The fourth-order valence-electron chi connectivity index (χ4n) is 2.10. The molecule has 0 heterocycles. The predicted octanol–water partition coefficient (Wildman–Crippen LogP) is 5.74. The topological polar surface area (TPSA) is 9.23 Å². The molecule has 0 amide bonds. The van der Waals surface area contributed by atoms with Crippen molar-refractivity contribution in [1.82, 2.24) is 0 Å². The van der Waals surface area contributed by atoms with E-state index in [-0.39, 0.29) is 0 Å². The first kappa shape index (κ1) is 15.6. The summed E-state index contributed by atoms with van der Waals surface area (Å²) in [5.41, 5.74) is 2.50. The van der Waals surface area contributed by atoms with Gasteiger partial charge in [-0.2, -0.15) is 0 Å². The number of aryl methyl sites for hydroxylation is 2. The molecule has 0 saturated carbocycles. The lowest BCUT2D eigenvalue weighted by Crippen LogP contribution is -1.96. The molecule has 20 heavy (non-hydrogen) atoms. The second kappa shape index (κ2) is 8.48. The van der Waals surface area contributed by atoms with Gasteiger partial charge in [0.25, 0.3) is 0 Å². The van der Waals surface area contributed by atoms with Crippen LogP contribution in [0.1, 0.15) is 17.5 Å². The number of benzene rings is 2. The van der Waals surface area contributed by atoms with Gasteiger partial charge in [0.2, 0.25) is 0 Å². The van der Waals surface area contributed by atoms with E-state index in [1.165, 1.54) is 11.1 Å². The summed E-state index contributed by atoms with van der Waals surface area (Å²) in [6.45, 7) is 0. The smallest absolute Gasteiger partial charge is 0.130 e. The van der Waals surface area contributed by atoms with Crippen LogP contribution in [0.4, 0.5) is 0 Å². The van der Waals surface area contributed by atoms with Gasteiger partial charge in [-0.1, -0.05) is 68.3 Å². The Morgan fingerprint density at radius 2 is 1.25 bits per heavy atom. The van der Waals surface area contributed by atoms with Crippen molar-refractivity contribution < 1.29 is 4.74 Å². The van der Waals surface area contributed by atoms with Gasteiger partial charge in [-0.3, -0.25) is 0 Å². The molecule has 0 aliphatic rings. The summed E-state index contributed by atoms with van der Waals surface area (Å²) in [5.74, 6) is 1.92. The molecule has 2 aromatic carbocycles. The molecule has 1 nitrogen and oxygen atoms in total. The molecule has 2 aromatic rings. The summed E-state index contributed by atoms with van der Waals surface area (Å²) in [6, 6.07) is 16.5. The highest BCUT2D eigenvalue weighted by Crippen LogP contribution is 2.29. The summed E-state index contributed by atoms with van der Waals surface area (Å²) in [4.78, 5) is 0. The van der Waals surface area contributed by atoms with Gasteiger partial charge in [-0.25, -0.2) is 0 Å². The van der Waals surface area contributed by atoms with Crippen molar-refractivity contribution in [3.05, 3.63) is 59.7 Å². The molecule has 0 fully saturated rings. The first-order chi connectivity index (χ1) is 9.85. The molecule has 106 valence electrons. The molecule has 3 heteroatoms. The molecule has 0 spiro atoms. The summed E-state index contributed by atoms with van der Waals surface area (Å²) >= 11 is 6.98. The van der Waals surface area contributed by atoms with Crippen LogP contribution in [0.5, 0.6) is 11.5 Å². The maximum absolute atomic E-state index is 6.15. The third-order valence-electron chi connectivity index (χ3n) is 3.11. The molecule has 2 rings (SSSR count). The zero-order valence-corrected chi connectivity index (χ0v) is 14.5. The van der Waals surface area contributed by atoms with Crippen LogP contribution in [0.3, 0.4) is 0 Å². The number of hydrogen-bond donors (Lipinski definition) is 0. The van der Waals surface area contributed by atoms with Crippen molar-refractivity contribution in [3.63, 3.8) is 0 Å². The zero-order chi connectivity index (χ0) is 14.2. The number of halogens is 2. The number of ether oxygens (including phenoxy) is 1. The van der Waals surface area contributed by atoms with E-state index < -0.39 is 0 Å². The third kappa shape index (κ3) is 4.35. The first-order valence-electron chi connectivity index (χ1n) is 6.80. The molecule has 0 aliphatic heterocycles. The fraction of sp³-hybridized carbons (Fsp3) is 0.294. The van der Waals surface area contributed by atoms with E-state index in [9.17, 15) is 0 Å². The first-order valence-corrected chi connectivity index (χ1v) is 9.05. The van der Waals surface area contributed by atoms with Crippen LogP contribution in [-0.4, -0.2) is 10.7 Å². The summed E-state index contributed by atoms with van der Waals surface area (Å²) < 4.78 is 6.15. The summed E-state index contributed by atoms with van der Waals surface area (Å²) in [5, 5.41) is 1.96. The molecular weight excluding hydrogens is 380 g/mol. The molecular formula is C17H18Br2O. The molecule has 0 aliphatic carbocycles. The second-order valence-electron chi connectivity index (χ2n) is 4.55. The average Bonchev–Trinajstić information content (AvgIpc) is 2.49. The van der Waals surface area contributed by atoms with E-state index in [1.807, 2.05) is 18.2 Å². The van der Waals surface area contributed by atoms with E-state index in [1.54, 1.807) is 0 Å². The van der Waals surface area contributed by atoms with E-state index in [0.717, 1.165) is 41.4 Å². The van der Waals surface area contributed by atoms with E-state index >= 15 is 0 Å². The van der Waals surface area contributed by atoms with Gasteiger partial charge in [0.05, 0.1) is 0 Å². The van der Waals surface area contributed by atoms with E-state index in [0.29, 0.717) is 0 Å². The van der Waals surface area contributed by atoms with Crippen molar-refractivity contribution >= 4 is 31.9 Å². The van der Waals surface area contributed by atoms with Crippen LogP contribution in [-0.2, 0) is 12.8 Å². The van der Waals surface area contributed by atoms with Crippen molar-refractivity contribution in [2.24, 2.45) is 0 Å². The molecule has 0 radical (unpaired) electrons. The maximum atomic E-state index is 6.15. The van der Waals surface area contributed by atoms with Crippen LogP contribution in [0.15, 0.2) is 48.5 Å². The van der Waals surface area contributed by atoms with Gasteiger partial charge in [-0.05, 0) is 42.5 Å². The van der Waals surface area contributed by atoms with E-state index in [4.69, 9.17) is 4.74 Å². The van der Waals surface area contributed by atoms with Crippen LogP contribution in [0.2, 0.25) is 0 Å². The minimum atomic E-state index is 0.943. The van der Waals surface area contributed by atoms with Crippen LogP contribution in [0.25, 0.3) is 0 Å². The van der Waals surface area contributed by atoms with Gasteiger partial charge in [-0.15, -0.1) is 0 Å². The monoisotopic (exact) mass is 396 g/mol. The predicted molar refractivity (Wildman–Crippen MR) is 92.6 cm³/mol. The van der Waals surface area contributed by atoms with Crippen molar-refractivity contribution in [2.45, 2.75) is 19.3 Å². The Bertz CT molecular complexity index is 540. The normalized spacial score (nSPS) is 10.5. The highest BCUT2D eigenvalue weighted by molar-refractivity contribution is 9.09. The SMILES string of the molecule is BrCCCc1ccccc1Oc1ccccc1CCBr. The Balaban J connectivity index is 2.21. The third-order valence-corrected chi connectivity index (χ3v) is 4.07. The molecule has 0 N–H and O–H groups in total. The Hall–Kier alpha value is -0.800. The molecule has 0 saturated heterocycles. The summed E-state index contributed by atoms with van der Waals surface area (Å²) in [7, 11) is 0. The minimum absolute atomic E-state index is 0.943. The zero-order valence-electron chi connectivity index (χ0n) is 11.3. The Labute approximate surface area is 137 Å². The van der Waals surface area contributed by atoms with Gasteiger partial charge in [0, 0.05) is 10.7 Å². The van der Waals surface area contributed by atoms with Gasteiger partial charge < -0.3 is 4.74 Å².